The molecule has 3 nitrogen and oxygen atoms in total. The minimum absolute atomic E-state index is 0. The normalized spacial score (nSPS) is 9.71. The van der Waals surface area contributed by atoms with Crippen LogP contribution in [0.25, 0.3) is 0 Å². The number of aryl methyl sites for hydroxylation is 1. The summed E-state index contributed by atoms with van der Waals surface area (Å²) in [6.45, 7) is 1.88. The molecule has 0 aliphatic carbocycles. The van der Waals surface area contributed by atoms with Gasteiger partial charge in [0.15, 0.2) is 0 Å². The second-order valence-corrected chi connectivity index (χ2v) is 5.82. The van der Waals surface area contributed by atoms with Crippen molar-refractivity contribution in [3.05, 3.63) is 66.6 Å². The Morgan fingerprint density at radius 2 is 1.52 bits per heavy atom. The van der Waals surface area contributed by atoms with E-state index in [1.165, 1.54) is 12.1 Å². The topological polar surface area (TPSA) is 37.4 Å². The summed E-state index contributed by atoms with van der Waals surface area (Å²) in [5.41, 5.74) is 1.36. The summed E-state index contributed by atoms with van der Waals surface area (Å²) in [5.74, 6) is 0. The fraction of sp³-hybridized carbons (Fsp3) is 0.0667. The summed E-state index contributed by atoms with van der Waals surface area (Å²) < 4.78 is 25.7. The van der Waals surface area contributed by atoms with Crippen LogP contribution in [0.3, 0.4) is 0 Å². The number of halogens is 1. The van der Waals surface area contributed by atoms with Gasteiger partial charge in [-0.3, -0.25) is 0 Å². The smallest absolute Gasteiger partial charge is 0.275 e. The van der Waals surface area contributed by atoms with Crippen molar-refractivity contribution in [2.24, 2.45) is 0 Å². The molecule has 0 amide bonds. The van der Waals surface area contributed by atoms with Crippen molar-refractivity contribution in [1.82, 2.24) is 0 Å². The summed E-state index contributed by atoms with van der Waals surface area (Å²) >= 11 is 0. The molecule has 0 N–H and O–H groups in total. The first-order chi connectivity index (χ1) is 9.05. The largest absolute Gasteiger partial charge is 1.00 e. The maximum Gasteiger partial charge on any atom is 0.275 e. The molecule has 21 heavy (non-hydrogen) atoms. The first-order valence-electron chi connectivity index (χ1n) is 5.65. The first-order valence-corrected chi connectivity index (χ1v) is 7.09. The Morgan fingerprint density at radius 1 is 1.00 bits per heavy atom. The van der Waals surface area contributed by atoms with Crippen LogP contribution in [0.1, 0.15) is 5.56 Å². The third-order valence-corrected chi connectivity index (χ3v) is 4.30. The first kappa shape index (κ1) is 19.9. The van der Waals surface area contributed by atoms with Gasteiger partial charge in [-0.2, -0.15) is 4.31 Å². The Kier molecular flexibility index (Phi) is 7.88. The number of nitrogens with zero attached hydrogens (tertiary/aromatic N) is 1. The third kappa shape index (κ3) is 4.41. The standard InChI is InChI=1S/C15H12NO2S.BrH.Zn/c1-3-16(14-7-5-4-6-8-14)19(17,18)15-11-9-13(2)10-12-15;;/h4-12H,2H3;1H;/p-1. The van der Waals surface area contributed by atoms with Gasteiger partial charge in [0, 0.05) is 31.9 Å². The van der Waals surface area contributed by atoms with E-state index >= 15 is 0 Å². The Hall–Kier alpha value is -1.15. The van der Waals surface area contributed by atoms with Crippen LogP contribution in [0.4, 0.5) is 5.69 Å². The molecule has 0 heterocycles. The van der Waals surface area contributed by atoms with Crippen molar-refractivity contribution in [1.29, 1.82) is 0 Å². The van der Waals surface area contributed by atoms with Crippen molar-refractivity contribution in [2.45, 2.75) is 11.8 Å². The zero-order valence-electron chi connectivity index (χ0n) is 11.5. The number of sulfonamides is 1. The molecule has 0 saturated heterocycles. The van der Waals surface area contributed by atoms with Gasteiger partial charge in [0.1, 0.15) is 0 Å². The van der Waals surface area contributed by atoms with E-state index in [9.17, 15) is 8.42 Å². The number of anilines is 1. The van der Waals surface area contributed by atoms with E-state index in [1.54, 1.807) is 42.5 Å². The average molecular weight is 416 g/mol. The maximum atomic E-state index is 12.4. The zero-order chi connectivity index (χ0) is 13.9. The summed E-state index contributed by atoms with van der Waals surface area (Å²) in [6, 6.07) is 16.9. The van der Waals surface area contributed by atoms with Crippen LogP contribution >= 0.6 is 0 Å². The predicted octanol–water partition coefficient (Wildman–Crippen LogP) is -0.261. The summed E-state index contributed by atoms with van der Waals surface area (Å²) in [5, 5.41) is 0. The molecule has 0 aliphatic rings. The van der Waals surface area contributed by atoms with Crippen molar-refractivity contribution in [2.75, 3.05) is 4.31 Å². The van der Waals surface area contributed by atoms with Crippen molar-refractivity contribution in [3.8, 4) is 6.04 Å². The van der Waals surface area contributed by atoms with Crippen LogP contribution in [0.15, 0.2) is 59.5 Å². The van der Waals surface area contributed by atoms with Gasteiger partial charge >= 0.3 is 0 Å². The minimum Gasteiger partial charge on any atom is -1.00 e. The molecule has 2 rings (SSSR count). The van der Waals surface area contributed by atoms with Crippen molar-refractivity contribution < 1.29 is 44.9 Å². The van der Waals surface area contributed by atoms with Gasteiger partial charge in [0.05, 0.1) is 10.6 Å². The molecule has 1 radical (unpaired) electrons. The van der Waals surface area contributed by atoms with E-state index in [2.05, 4.69) is 0 Å². The molecule has 0 spiro atoms. The van der Waals surface area contributed by atoms with Crippen LogP contribution in [0, 0.1) is 19.4 Å². The molecule has 0 saturated carbocycles. The average Bonchev–Trinajstić information content (AvgIpc) is 2.41. The monoisotopic (exact) mass is 413 g/mol. The maximum absolute atomic E-state index is 12.4. The molecule has 105 valence electrons. The van der Waals surface area contributed by atoms with Crippen LogP contribution in [-0.2, 0) is 29.5 Å². The SMILES string of the molecule is [Br-].[C]#CN(c1ccccc1)S(=O)(=O)c1ccc(C)cc1.[Zn]. The van der Waals surface area contributed by atoms with Crippen LogP contribution in [0.5, 0.6) is 0 Å². The Balaban J connectivity index is 0.00000200. The molecule has 0 fully saturated rings. The van der Waals surface area contributed by atoms with Crippen LogP contribution in [-0.4, -0.2) is 8.42 Å². The molecule has 0 aromatic heterocycles. The van der Waals surface area contributed by atoms with Gasteiger partial charge in [0.25, 0.3) is 10.0 Å². The molecule has 2 aromatic rings. The molecule has 2 aromatic carbocycles. The molecular formula is C15H12BrNO2SZn-. The summed E-state index contributed by atoms with van der Waals surface area (Å²) in [6.07, 6.45) is 7.24. The summed E-state index contributed by atoms with van der Waals surface area (Å²) in [7, 11) is -3.79. The number of hydrogen-bond donors (Lipinski definition) is 0. The summed E-state index contributed by atoms with van der Waals surface area (Å²) in [4.78, 5) is 0.140. The van der Waals surface area contributed by atoms with E-state index in [0.717, 1.165) is 9.87 Å². The minimum atomic E-state index is -3.79. The number of benzene rings is 2. The van der Waals surface area contributed by atoms with Gasteiger partial charge in [-0.25, -0.2) is 8.42 Å². The molecule has 0 unspecified atom stereocenters. The molecule has 0 aliphatic heterocycles. The Morgan fingerprint density at radius 3 is 2.00 bits per heavy atom. The van der Waals surface area contributed by atoms with Gasteiger partial charge < -0.3 is 17.0 Å². The number of rotatable bonds is 3. The van der Waals surface area contributed by atoms with E-state index in [4.69, 9.17) is 6.42 Å². The van der Waals surface area contributed by atoms with Gasteiger partial charge in [-0.15, -0.1) is 0 Å². The van der Waals surface area contributed by atoms with Crippen LogP contribution < -0.4 is 21.3 Å². The van der Waals surface area contributed by atoms with E-state index in [1.807, 2.05) is 13.0 Å². The van der Waals surface area contributed by atoms with Crippen molar-refractivity contribution in [3.63, 3.8) is 0 Å². The fourth-order valence-electron chi connectivity index (χ4n) is 1.64. The second kappa shape index (κ2) is 8.33. The van der Waals surface area contributed by atoms with E-state index in [-0.39, 0.29) is 41.4 Å². The van der Waals surface area contributed by atoms with Gasteiger partial charge in [-0.1, -0.05) is 35.9 Å². The predicted molar refractivity (Wildman–Crippen MR) is 74.4 cm³/mol. The second-order valence-electron chi connectivity index (χ2n) is 4.03. The molecular weight excluding hydrogens is 404 g/mol. The zero-order valence-corrected chi connectivity index (χ0v) is 16.8. The number of para-hydroxylation sites is 1. The number of hydrogen-bond acceptors (Lipinski definition) is 2. The van der Waals surface area contributed by atoms with Crippen LogP contribution in [0.2, 0.25) is 0 Å². The van der Waals surface area contributed by atoms with Gasteiger partial charge in [0.2, 0.25) is 0 Å². The fourth-order valence-corrected chi connectivity index (χ4v) is 2.85. The Bertz CT molecular complexity index is 710. The molecule has 0 bridgehead atoms. The Labute approximate surface area is 148 Å². The van der Waals surface area contributed by atoms with Gasteiger partial charge in [-0.05, 0) is 31.2 Å². The third-order valence-electron chi connectivity index (χ3n) is 2.65. The van der Waals surface area contributed by atoms with E-state index in [0.29, 0.717) is 5.69 Å². The molecule has 6 heteroatoms. The van der Waals surface area contributed by atoms with E-state index < -0.39 is 10.0 Å². The molecule has 0 atom stereocenters. The van der Waals surface area contributed by atoms with Crippen molar-refractivity contribution >= 4 is 15.7 Å². The quantitative estimate of drug-likeness (QED) is 0.394.